The second-order valence-electron chi connectivity index (χ2n) is 3.52. The molecule has 18 heavy (non-hydrogen) atoms. The number of anilines is 1. The number of nitrogens with one attached hydrogen (secondary N) is 2. The van der Waals surface area contributed by atoms with Gasteiger partial charge in [-0.2, -0.15) is 0 Å². The highest BCUT2D eigenvalue weighted by atomic mass is 35.5. The summed E-state index contributed by atoms with van der Waals surface area (Å²) in [5.74, 6) is -1.06. The lowest BCUT2D eigenvalue weighted by molar-refractivity contribution is 0.0698. The van der Waals surface area contributed by atoms with Crippen LogP contribution in [-0.2, 0) is 6.54 Å². The third-order valence-corrected chi connectivity index (χ3v) is 3.21. The summed E-state index contributed by atoms with van der Waals surface area (Å²) >= 11 is 6.81. The first-order valence-electron chi connectivity index (χ1n) is 4.99. The molecule has 0 aliphatic heterocycles. The summed E-state index contributed by atoms with van der Waals surface area (Å²) < 4.78 is 0. The molecule has 7 heteroatoms. The quantitative estimate of drug-likeness (QED) is 0.805. The molecule has 0 fully saturated rings. The molecule has 0 saturated heterocycles. The summed E-state index contributed by atoms with van der Waals surface area (Å²) in [6, 6.07) is 4.57. The molecular formula is C11H9ClN2O3S. The van der Waals surface area contributed by atoms with Crippen molar-refractivity contribution in [3.8, 4) is 0 Å². The third kappa shape index (κ3) is 2.91. The van der Waals surface area contributed by atoms with E-state index in [-0.39, 0.29) is 10.4 Å². The summed E-state index contributed by atoms with van der Waals surface area (Å²) in [5.41, 5.74) is 1.26. The fraction of sp³-hybridized carbons (Fsp3) is 0.0909. The summed E-state index contributed by atoms with van der Waals surface area (Å²) in [4.78, 5) is 24.5. The molecular weight excluding hydrogens is 276 g/mol. The van der Waals surface area contributed by atoms with Crippen molar-refractivity contribution in [3.05, 3.63) is 49.5 Å². The minimum Gasteiger partial charge on any atom is -0.478 e. The number of aromatic carboxylic acids is 1. The Hall–Kier alpha value is -1.79. The van der Waals surface area contributed by atoms with Crippen LogP contribution in [0.15, 0.2) is 28.4 Å². The van der Waals surface area contributed by atoms with Gasteiger partial charge in [-0.25, -0.2) is 4.79 Å². The maximum atomic E-state index is 11.0. The number of halogens is 1. The van der Waals surface area contributed by atoms with E-state index >= 15 is 0 Å². The number of thiazole rings is 1. The zero-order valence-electron chi connectivity index (χ0n) is 9.07. The lowest BCUT2D eigenvalue weighted by Crippen LogP contribution is -2.07. The molecule has 0 unspecified atom stereocenters. The Morgan fingerprint density at radius 3 is 2.89 bits per heavy atom. The minimum atomic E-state index is -1.06. The molecule has 3 N–H and O–H groups in total. The van der Waals surface area contributed by atoms with Gasteiger partial charge in [0.2, 0.25) is 0 Å². The van der Waals surface area contributed by atoms with Gasteiger partial charge in [-0.05, 0) is 18.2 Å². The van der Waals surface area contributed by atoms with E-state index in [4.69, 9.17) is 16.7 Å². The van der Waals surface area contributed by atoms with Crippen molar-refractivity contribution in [1.29, 1.82) is 0 Å². The van der Waals surface area contributed by atoms with E-state index in [1.54, 1.807) is 17.5 Å². The second kappa shape index (κ2) is 5.24. The molecule has 5 nitrogen and oxygen atoms in total. The molecule has 2 rings (SSSR count). The predicted molar refractivity (Wildman–Crippen MR) is 70.7 cm³/mol. The van der Waals surface area contributed by atoms with Gasteiger partial charge in [0.1, 0.15) is 0 Å². The molecule has 0 spiro atoms. The van der Waals surface area contributed by atoms with E-state index in [9.17, 15) is 9.59 Å². The minimum absolute atomic E-state index is 0.0973. The molecule has 1 aromatic heterocycles. The smallest absolute Gasteiger partial charge is 0.337 e. The maximum Gasteiger partial charge on any atom is 0.337 e. The number of rotatable bonds is 4. The lowest BCUT2D eigenvalue weighted by atomic mass is 10.2. The fourth-order valence-electron chi connectivity index (χ4n) is 1.44. The summed E-state index contributed by atoms with van der Waals surface area (Å²) in [6.45, 7) is 0.348. The molecule has 2 aromatic rings. The lowest BCUT2D eigenvalue weighted by Gasteiger charge is -2.08. The SMILES string of the molecule is O=C(O)c1cc(Cl)ccc1NCc1csc(=O)[nH]1. The van der Waals surface area contributed by atoms with Crippen LogP contribution in [-0.4, -0.2) is 16.1 Å². The van der Waals surface area contributed by atoms with Crippen molar-refractivity contribution in [1.82, 2.24) is 4.98 Å². The van der Waals surface area contributed by atoms with Gasteiger partial charge >= 0.3 is 10.8 Å². The molecule has 0 saturated carbocycles. The number of carbonyl (C=O) groups is 1. The first-order chi connectivity index (χ1) is 8.56. The van der Waals surface area contributed by atoms with E-state index in [0.29, 0.717) is 22.9 Å². The van der Waals surface area contributed by atoms with Gasteiger partial charge in [-0.3, -0.25) is 4.79 Å². The predicted octanol–water partition coefficient (Wildman–Crippen LogP) is 2.40. The average molecular weight is 285 g/mol. The van der Waals surface area contributed by atoms with Crippen molar-refractivity contribution < 1.29 is 9.90 Å². The summed E-state index contributed by atoms with van der Waals surface area (Å²) in [6.07, 6.45) is 0. The number of aromatic nitrogens is 1. The number of carboxylic acid groups (broad SMARTS) is 1. The van der Waals surface area contributed by atoms with Gasteiger partial charge in [-0.15, -0.1) is 0 Å². The van der Waals surface area contributed by atoms with Crippen molar-refractivity contribution in [2.75, 3.05) is 5.32 Å². The molecule has 94 valence electrons. The molecule has 1 aromatic carbocycles. The monoisotopic (exact) mass is 284 g/mol. The highest BCUT2D eigenvalue weighted by molar-refractivity contribution is 7.07. The van der Waals surface area contributed by atoms with Gasteiger partial charge < -0.3 is 15.4 Å². The Bertz CT molecular complexity index is 635. The molecule has 0 radical (unpaired) electrons. The van der Waals surface area contributed by atoms with Crippen LogP contribution in [0.25, 0.3) is 0 Å². The van der Waals surface area contributed by atoms with Crippen LogP contribution < -0.4 is 10.2 Å². The van der Waals surface area contributed by atoms with E-state index in [1.807, 2.05) is 0 Å². The van der Waals surface area contributed by atoms with E-state index in [2.05, 4.69) is 10.3 Å². The fourth-order valence-corrected chi connectivity index (χ4v) is 2.19. The number of benzene rings is 1. The molecule has 0 aliphatic rings. The Morgan fingerprint density at radius 1 is 1.50 bits per heavy atom. The Kier molecular flexibility index (Phi) is 3.69. The largest absolute Gasteiger partial charge is 0.478 e. The van der Waals surface area contributed by atoms with Crippen LogP contribution in [0, 0.1) is 0 Å². The van der Waals surface area contributed by atoms with Crippen molar-refractivity contribution in [2.45, 2.75) is 6.54 Å². The molecule has 0 aliphatic carbocycles. The third-order valence-electron chi connectivity index (χ3n) is 2.25. The number of hydrogen-bond acceptors (Lipinski definition) is 4. The Balaban J connectivity index is 2.18. The standard InChI is InChI=1S/C11H9ClN2O3S/c12-6-1-2-9(8(3-6)10(15)16)13-4-7-5-18-11(17)14-7/h1-3,5,13H,4H2,(H,14,17)(H,15,16). The van der Waals surface area contributed by atoms with Crippen molar-refractivity contribution in [2.24, 2.45) is 0 Å². The van der Waals surface area contributed by atoms with E-state index in [1.165, 1.54) is 6.07 Å². The van der Waals surface area contributed by atoms with Crippen LogP contribution >= 0.6 is 22.9 Å². The summed E-state index contributed by atoms with van der Waals surface area (Å²) in [7, 11) is 0. The Labute approximate surface area is 111 Å². The zero-order valence-corrected chi connectivity index (χ0v) is 10.6. The molecule has 0 bridgehead atoms. The second-order valence-corrected chi connectivity index (χ2v) is 4.80. The normalized spacial score (nSPS) is 10.3. The Morgan fingerprint density at radius 2 is 2.28 bits per heavy atom. The number of carboxylic acids is 1. The summed E-state index contributed by atoms with van der Waals surface area (Å²) in [5, 5.41) is 14.0. The maximum absolute atomic E-state index is 11.0. The average Bonchev–Trinajstić information content (AvgIpc) is 2.73. The van der Waals surface area contributed by atoms with Crippen LogP contribution in [0.3, 0.4) is 0 Å². The van der Waals surface area contributed by atoms with E-state index in [0.717, 1.165) is 11.3 Å². The van der Waals surface area contributed by atoms with Crippen molar-refractivity contribution >= 4 is 34.6 Å². The topological polar surface area (TPSA) is 82.2 Å². The number of aromatic amines is 1. The van der Waals surface area contributed by atoms with Crippen molar-refractivity contribution in [3.63, 3.8) is 0 Å². The van der Waals surface area contributed by atoms with Gasteiger partial charge in [0, 0.05) is 21.8 Å². The van der Waals surface area contributed by atoms with Crippen LogP contribution in [0.1, 0.15) is 16.1 Å². The first-order valence-corrected chi connectivity index (χ1v) is 6.25. The number of H-pyrrole nitrogens is 1. The first kappa shape index (κ1) is 12.7. The highest BCUT2D eigenvalue weighted by Gasteiger charge is 2.10. The van der Waals surface area contributed by atoms with Gasteiger partial charge in [-0.1, -0.05) is 22.9 Å². The van der Waals surface area contributed by atoms with E-state index < -0.39 is 5.97 Å². The molecule has 0 atom stereocenters. The molecule has 0 amide bonds. The zero-order chi connectivity index (χ0) is 13.1. The molecule has 1 heterocycles. The van der Waals surface area contributed by atoms with Gasteiger partial charge in [0.05, 0.1) is 12.1 Å². The van der Waals surface area contributed by atoms with Crippen LogP contribution in [0.4, 0.5) is 5.69 Å². The van der Waals surface area contributed by atoms with Gasteiger partial charge in [0.25, 0.3) is 0 Å². The van der Waals surface area contributed by atoms with Gasteiger partial charge in [0.15, 0.2) is 0 Å². The number of hydrogen-bond donors (Lipinski definition) is 3. The highest BCUT2D eigenvalue weighted by Crippen LogP contribution is 2.21. The van der Waals surface area contributed by atoms with Crippen LogP contribution in [0.2, 0.25) is 5.02 Å². The van der Waals surface area contributed by atoms with Crippen LogP contribution in [0.5, 0.6) is 0 Å².